The highest BCUT2D eigenvalue weighted by atomic mass is 16.2. The number of nitrogens with zero attached hydrogens (tertiary/aromatic N) is 1. The molecule has 0 saturated heterocycles. The minimum absolute atomic E-state index is 0.0188. The van der Waals surface area contributed by atoms with Crippen LogP contribution in [0.15, 0.2) is 24.3 Å². The molecule has 1 aromatic rings. The second-order valence-corrected chi connectivity index (χ2v) is 4.28. The van der Waals surface area contributed by atoms with Crippen LogP contribution >= 0.6 is 0 Å². The average Bonchev–Trinajstić information content (AvgIpc) is 2.36. The van der Waals surface area contributed by atoms with Gasteiger partial charge < -0.3 is 10.2 Å². The molecule has 18 heavy (non-hydrogen) atoms. The van der Waals surface area contributed by atoms with Crippen LogP contribution in [-0.4, -0.2) is 18.9 Å². The Morgan fingerprint density at radius 3 is 2.33 bits per heavy atom. The van der Waals surface area contributed by atoms with E-state index in [1.807, 2.05) is 12.1 Å². The number of hydrogen-bond acceptors (Lipinski definition) is 2. The van der Waals surface area contributed by atoms with Crippen molar-refractivity contribution in [3.05, 3.63) is 24.3 Å². The van der Waals surface area contributed by atoms with Crippen molar-refractivity contribution in [1.82, 2.24) is 0 Å². The summed E-state index contributed by atoms with van der Waals surface area (Å²) in [5, 5.41) is 2.83. The lowest BCUT2D eigenvalue weighted by atomic mass is 10.2. The number of rotatable bonds is 5. The molecule has 0 aliphatic heterocycles. The van der Waals surface area contributed by atoms with E-state index in [9.17, 15) is 9.59 Å². The van der Waals surface area contributed by atoms with Gasteiger partial charge in [0.05, 0.1) is 0 Å². The summed E-state index contributed by atoms with van der Waals surface area (Å²) in [7, 11) is 1.72. The number of benzene rings is 1. The van der Waals surface area contributed by atoms with E-state index in [4.69, 9.17) is 0 Å². The van der Waals surface area contributed by atoms with Gasteiger partial charge in [-0.05, 0) is 30.7 Å². The summed E-state index contributed by atoms with van der Waals surface area (Å²) in [5.41, 5.74) is 1.57. The molecule has 0 aliphatic carbocycles. The molecule has 0 atom stereocenters. The predicted molar refractivity (Wildman–Crippen MR) is 73.7 cm³/mol. The third kappa shape index (κ3) is 4.20. The smallest absolute Gasteiger partial charge is 0.224 e. The van der Waals surface area contributed by atoms with Crippen LogP contribution in [0.3, 0.4) is 0 Å². The van der Waals surface area contributed by atoms with Crippen molar-refractivity contribution < 1.29 is 9.59 Å². The Morgan fingerprint density at radius 2 is 1.83 bits per heavy atom. The first-order valence-electron chi connectivity index (χ1n) is 6.18. The highest BCUT2D eigenvalue weighted by Crippen LogP contribution is 2.17. The third-order valence-corrected chi connectivity index (χ3v) is 2.77. The van der Waals surface area contributed by atoms with Crippen molar-refractivity contribution in [2.75, 3.05) is 17.3 Å². The minimum atomic E-state index is -0.0188. The fourth-order valence-electron chi connectivity index (χ4n) is 1.51. The molecule has 1 aromatic carbocycles. The Bertz CT molecular complexity index is 412. The quantitative estimate of drug-likeness (QED) is 0.871. The van der Waals surface area contributed by atoms with Crippen molar-refractivity contribution in [1.29, 1.82) is 0 Å². The van der Waals surface area contributed by atoms with Crippen LogP contribution in [0.5, 0.6) is 0 Å². The molecular weight excluding hydrogens is 228 g/mol. The number of carbonyl (C=O) groups is 2. The van der Waals surface area contributed by atoms with Crippen molar-refractivity contribution in [2.24, 2.45) is 0 Å². The topological polar surface area (TPSA) is 49.4 Å². The first-order chi connectivity index (χ1) is 8.54. The Kier molecular flexibility index (Phi) is 5.36. The predicted octanol–water partition coefficient (Wildman–Crippen LogP) is 2.80. The first-order valence-corrected chi connectivity index (χ1v) is 6.18. The molecule has 0 aromatic heterocycles. The van der Waals surface area contributed by atoms with E-state index in [1.54, 1.807) is 24.1 Å². The summed E-state index contributed by atoms with van der Waals surface area (Å²) in [5.74, 6) is 0.0132. The molecule has 1 rings (SSSR count). The van der Waals surface area contributed by atoms with Gasteiger partial charge in [-0.2, -0.15) is 0 Å². The van der Waals surface area contributed by atoms with Gasteiger partial charge in [-0.3, -0.25) is 9.59 Å². The fraction of sp³-hybridized carbons (Fsp3) is 0.429. The van der Waals surface area contributed by atoms with Crippen LogP contribution in [0.4, 0.5) is 11.4 Å². The number of amides is 2. The van der Waals surface area contributed by atoms with E-state index in [-0.39, 0.29) is 11.8 Å². The van der Waals surface area contributed by atoms with Gasteiger partial charge in [0.25, 0.3) is 0 Å². The number of anilines is 2. The molecule has 2 amide bonds. The Labute approximate surface area is 108 Å². The zero-order chi connectivity index (χ0) is 13.5. The zero-order valence-electron chi connectivity index (χ0n) is 11.2. The number of unbranched alkanes of at least 4 members (excludes halogenated alkanes) is 1. The first kappa shape index (κ1) is 14.2. The third-order valence-electron chi connectivity index (χ3n) is 2.77. The van der Waals surface area contributed by atoms with E-state index in [1.165, 1.54) is 6.92 Å². The van der Waals surface area contributed by atoms with Gasteiger partial charge in [-0.15, -0.1) is 0 Å². The van der Waals surface area contributed by atoms with Crippen molar-refractivity contribution in [3.8, 4) is 0 Å². The molecule has 4 nitrogen and oxygen atoms in total. The molecule has 4 heteroatoms. The molecule has 0 fully saturated rings. The molecular formula is C14H20N2O2. The summed E-state index contributed by atoms with van der Waals surface area (Å²) in [6.07, 6.45) is 2.46. The monoisotopic (exact) mass is 248 g/mol. The molecule has 0 spiro atoms. The summed E-state index contributed by atoms with van der Waals surface area (Å²) < 4.78 is 0. The molecule has 0 unspecified atom stereocenters. The molecule has 1 N–H and O–H groups in total. The summed E-state index contributed by atoms with van der Waals surface area (Å²) in [6.45, 7) is 3.57. The summed E-state index contributed by atoms with van der Waals surface area (Å²) in [6, 6.07) is 7.24. The van der Waals surface area contributed by atoms with E-state index in [0.29, 0.717) is 6.42 Å². The molecule has 0 bridgehead atoms. The van der Waals surface area contributed by atoms with Crippen molar-refractivity contribution >= 4 is 23.2 Å². The highest BCUT2D eigenvalue weighted by Gasteiger charge is 2.06. The van der Waals surface area contributed by atoms with Crippen LogP contribution in [0.1, 0.15) is 33.1 Å². The van der Waals surface area contributed by atoms with Gasteiger partial charge in [-0.25, -0.2) is 0 Å². The zero-order valence-corrected chi connectivity index (χ0v) is 11.2. The molecule has 0 heterocycles. The lowest BCUT2D eigenvalue weighted by Gasteiger charge is -2.15. The van der Waals surface area contributed by atoms with E-state index in [0.717, 1.165) is 24.2 Å². The summed E-state index contributed by atoms with van der Waals surface area (Å²) in [4.78, 5) is 24.3. The maximum atomic E-state index is 11.5. The Morgan fingerprint density at radius 1 is 1.22 bits per heavy atom. The maximum absolute atomic E-state index is 11.5. The molecule has 98 valence electrons. The normalized spacial score (nSPS) is 9.94. The van der Waals surface area contributed by atoms with Crippen LogP contribution in [-0.2, 0) is 9.59 Å². The maximum Gasteiger partial charge on any atom is 0.224 e. The second-order valence-electron chi connectivity index (χ2n) is 4.28. The Balaban J connectivity index is 2.60. The molecule has 0 saturated carbocycles. The number of carbonyl (C=O) groups excluding carboxylic acids is 2. The van der Waals surface area contributed by atoms with Crippen molar-refractivity contribution in [3.63, 3.8) is 0 Å². The number of hydrogen-bond donors (Lipinski definition) is 1. The van der Waals surface area contributed by atoms with Gasteiger partial charge in [0.2, 0.25) is 11.8 Å². The number of nitrogens with one attached hydrogen (secondary N) is 1. The standard InChI is InChI=1S/C14H20N2O2/c1-4-5-6-14(18)15-12-7-9-13(10-8-12)16(3)11(2)17/h7-10H,4-6H2,1-3H3,(H,15,18). The average molecular weight is 248 g/mol. The van der Waals surface area contributed by atoms with E-state index >= 15 is 0 Å². The second kappa shape index (κ2) is 6.79. The van der Waals surface area contributed by atoms with E-state index in [2.05, 4.69) is 12.2 Å². The van der Waals surface area contributed by atoms with Crippen LogP contribution < -0.4 is 10.2 Å². The van der Waals surface area contributed by atoms with Gasteiger partial charge in [0.1, 0.15) is 0 Å². The van der Waals surface area contributed by atoms with Crippen molar-refractivity contribution in [2.45, 2.75) is 33.1 Å². The van der Waals surface area contributed by atoms with Crippen LogP contribution in [0, 0.1) is 0 Å². The van der Waals surface area contributed by atoms with Crippen LogP contribution in [0.2, 0.25) is 0 Å². The van der Waals surface area contributed by atoms with Gasteiger partial charge in [0.15, 0.2) is 0 Å². The lowest BCUT2D eigenvalue weighted by Crippen LogP contribution is -2.22. The van der Waals surface area contributed by atoms with Gasteiger partial charge in [-0.1, -0.05) is 13.3 Å². The largest absolute Gasteiger partial charge is 0.326 e. The summed E-state index contributed by atoms with van der Waals surface area (Å²) >= 11 is 0. The molecule has 0 aliphatic rings. The van der Waals surface area contributed by atoms with Gasteiger partial charge in [0, 0.05) is 31.8 Å². The lowest BCUT2D eigenvalue weighted by molar-refractivity contribution is -0.117. The van der Waals surface area contributed by atoms with Crippen LogP contribution in [0.25, 0.3) is 0 Å². The fourth-order valence-corrected chi connectivity index (χ4v) is 1.51. The molecule has 0 radical (unpaired) electrons. The SMILES string of the molecule is CCCCC(=O)Nc1ccc(N(C)C(C)=O)cc1. The minimum Gasteiger partial charge on any atom is -0.326 e. The highest BCUT2D eigenvalue weighted by molar-refractivity contribution is 5.93. The van der Waals surface area contributed by atoms with E-state index < -0.39 is 0 Å². The Hall–Kier alpha value is -1.84. The van der Waals surface area contributed by atoms with Gasteiger partial charge >= 0.3 is 0 Å².